The van der Waals surface area contributed by atoms with Gasteiger partial charge in [0.25, 0.3) is 0 Å². The molecule has 2 heteroatoms. The molecule has 0 saturated carbocycles. The first kappa shape index (κ1) is 5.39. The predicted molar refractivity (Wildman–Crippen MR) is 32.0 cm³/mol. The van der Waals surface area contributed by atoms with Gasteiger partial charge in [-0.25, -0.2) is 0 Å². The lowest BCUT2D eigenvalue weighted by Gasteiger charge is -1.67. The van der Waals surface area contributed by atoms with Gasteiger partial charge in [-0.05, 0) is 19.1 Å². The van der Waals surface area contributed by atoms with Crippen LogP contribution in [0.15, 0.2) is 0 Å². The van der Waals surface area contributed by atoms with E-state index in [1.54, 1.807) is 0 Å². The van der Waals surface area contributed by atoms with Gasteiger partial charge in [0.1, 0.15) is 0 Å². The number of hydrogen-bond acceptors (Lipinski definition) is 1. The third kappa shape index (κ3) is 4.39. The van der Waals surface area contributed by atoms with Crippen LogP contribution in [0.4, 0.5) is 0 Å². The van der Waals surface area contributed by atoms with Gasteiger partial charge in [-0.15, -0.1) is 0 Å². The van der Waals surface area contributed by atoms with Gasteiger partial charge < -0.3 is 0 Å². The summed E-state index contributed by atoms with van der Waals surface area (Å²) < 4.78 is 0. The maximum atomic E-state index is 4.67. The topological polar surface area (TPSA) is 0 Å². The van der Waals surface area contributed by atoms with Crippen molar-refractivity contribution in [3.63, 3.8) is 0 Å². The molecule has 0 radical (unpaired) electrons. The average molecular weight is 106 g/mol. The van der Waals surface area contributed by atoms with Crippen LogP contribution in [-0.2, 0) is 11.8 Å². The largest absolute Gasteiger partial charge is 0.0728 e. The van der Waals surface area contributed by atoms with Crippen molar-refractivity contribution in [2.45, 2.75) is 13.8 Å². The fraction of sp³-hybridized carbons (Fsp3) is 0.667. The fourth-order valence-electron chi connectivity index (χ4n) is 0. The van der Waals surface area contributed by atoms with Crippen LogP contribution in [0.25, 0.3) is 0 Å². The first-order chi connectivity index (χ1) is 2.27. The zero-order valence-electron chi connectivity index (χ0n) is 3.41. The Labute approximate surface area is 38.7 Å². The standard InChI is InChI=1S/C3H7PS/c1-3(2)4-5/h4H,1-2H3. The molecule has 0 saturated heterocycles. The Kier molecular flexibility index (Phi) is 2.82. The molecule has 0 N–H and O–H groups in total. The van der Waals surface area contributed by atoms with E-state index in [1.807, 2.05) is 13.8 Å². The van der Waals surface area contributed by atoms with E-state index < -0.39 is 0 Å². The molecule has 0 rings (SSSR count). The summed E-state index contributed by atoms with van der Waals surface area (Å²) in [5, 5.41) is 1.35. The highest BCUT2D eigenvalue weighted by atomic mass is 32.4. The minimum atomic E-state index is 0.614. The predicted octanol–water partition coefficient (Wildman–Crippen LogP) is 1.34. The summed E-state index contributed by atoms with van der Waals surface area (Å²) in [6.07, 6.45) is 0. The Hall–Kier alpha value is 0.390. The van der Waals surface area contributed by atoms with E-state index in [2.05, 4.69) is 11.8 Å². The van der Waals surface area contributed by atoms with Gasteiger partial charge in [0, 0.05) is 0 Å². The van der Waals surface area contributed by atoms with Gasteiger partial charge >= 0.3 is 0 Å². The van der Waals surface area contributed by atoms with Crippen LogP contribution in [0.2, 0.25) is 0 Å². The van der Waals surface area contributed by atoms with E-state index in [0.717, 1.165) is 0 Å². The van der Waals surface area contributed by atoms with E-state index in [-0.39, 0.29) is 0 Å². The molecule has 0 nitrogen and oxygen atoms in total. The molecule has 0 heterocycles. The van der Waals surface area contributed by atoms with Crippen LogP contribution in [-0.4, -0.2) is 5.29 Å². The maximum absolute atomic E-state index is 4.67. The van der Waals surface area contributed by atoms with Crippen LogP contribution in [0.3, 0.4) is 0 Å². The molecule has 0 aromatic rings. The first-order valence-electron chi connectivity index (χ1n) is 1.45. The highest BCUT2D eigenvalue weighted by molar-refractivity contribution is 7.96. The quantitative estimate of drug-likeness (QED) is 0.420. The second-order valence-electron chi connectivity index (χ2n) is 1.10. The Morgan fingerprint density at radius 1 is 1.60 bits per heavy atom. The van der Waals surface area contributed by atoms with Gasteiger partial charge in [0.15, 0.2) is 0 Å². The average Bonchev–Trinajstić information content (AvgIpc) is 1.38. The molecule has 0 spiro atoms. The number of rotatable bonds is 0. The van der Waals surface area contributed by atoms with Gasteiger partial charge in [0.05, 0.1) is 0 Å². The molecule has 0 aromatic carbocycles. The summed E-state index contributed by atoms with van der Waals surface area (Å²) in [6, 6.07) is 0. The van der Waals surface area contributed by atoms with Gasteiger partial charge in [-0.1, -0.05) is 18.8 Å². The SMILES string of the molecule is CC(C)=[PH]=S. The lowest BCUT2D eigenvalue weighted by atomic mass is 10.6. The van der Waals surface area contributed by atoms with Crippen molar-refractivity contribution in [3.05, 3.63) is 0 Å². The Balaban J connectivity index is 3.60. The summed E-state index contributed by atoms with van der Waals surface area (Å²) >= 11 is 4.67. The molecule has 0 fully saturated rings. The van der Waals surface area contributed by atoms with Crippen molar-refractivity contribution in [1.82, 2.24) is 0 Å². The van der Waals surface area contributed by atoms with Crippen molar-refractivity contribution in [3.8, 4) is 0 Å². The van der Waals surface area contributed by atoms with Crippen LogP contribution in [0.5, 0.6) is 0 Å². The minimum Gasteiger partial charge on any atom is -0.0728 e. The van der Waals surface area contributed by atoms with Gasteiger partial charge in [-0.3, -0.25) is 0 Å². The summed E-state index contributed by atoms with van der Waals surface area (Å²) in [5.74, 6) is 0. The molecule has 0 aromatic heterocycles. The van der Waals surface area contributed by atoms with E-state index in [1.165, 1.54) is 5.29 Å². The Morgan fingerprint density at radius 2 is 1.80 bits per heavy atom. The molecular weight excluding hydrogens is 99.1 g/mol. The molecule has 0 aliphatic heterocycles. The lowest BCUT2D eigenvalue weighted by molar-refractivity contribution is 1.85. The molecular formula is C3H7PS. The lowest BCUT2D eigenvalue weighted by Crippen LogP contribution is -1.63. The second kappa shape index (κ2) is 2.62. The van der Waals surface area contributed by atoms with E-state index in [0.29, 0.717) is 6.98 Å². The van der Waals surface area contributed by atoms with Gasteiger partial charge in [0.2, 0.25) is 0 Å². The molecule has 0 bridgehead atoms. The van der Waals surface area contributed by atoms with E-state index in [9.17, 15) is 0 Å². The van der Waals surface area contributed by atoms with Crippen molar-refractivity contribution >= 4 is 24.1 Å². The van der Waals surface area contributed by atoms with Crippen LogP contribution >= 0.6 is 6.98 Å². The summed E-state index contributed by atoms with van der Waals surface area (Å²) in [4.78, 5) is 0. The second-order valence-corrected chi connectivity index (χ2v) is 2.92. The summed E-state index contributed by atoms with van der Waals surface area (Å²) in [6.45, 7) is 4.71. The zero-order valence-corrected chi connectivity index (χ0v) is 5.22. The van der Waals surface area contributed by atoms with E-state index >= 15 is 0 Å². The smallest absolute Gasteiger partial charge is 0.0396 e. The van der Waals surface area contributed by atoms with Crippen molar-refractivity contribution in [1.29, 1.82) is 0 Å². The molecule has 1 atom stereocenters. The van der Waals surface area contributed by atoms with Crippen molar-refractivity contribution in [2.24, 2.45) is 0 Å². The molecule has 1 unspecified atom stereocenters. The van der Waals surface area contributed by atoms with Gasteiger partial charge in [-0.2, -0.15) is 0 Å². The molecule has 0 aliphatic carbocycles. The summed E-state index contributed by atoms with van der Waals surface area (Å²) in [7, 11) is 0. The molecule has 0 amide bonds. The molecule has 0 aliphatic rings. The van der Waals surface area contributed by atoms with Crippen molar-refractivity contribution < 1.29 is 0 Å². The summed E-state index contributed by atoms with van der Waals surface area (Å²) in [5.41, 5.74) is 0. The Morgan fingerprint density at radius 3 is 1.80 bits per heavy atom. The number of hydrogen-bond donors (Lipinski definition) is 0. The monoisotopic (exact) mass is 106 g/mol. The molecule has 30 valence electrons. The third-order valence-corrected chi connectivity index (χ3v) is 1.84. The normalized spacial score (nSPS) is 8.40. The third-order valence-electron chi connectivity index (χ3n) is 0.204. The van der Waals surface area contributed by atoms with E-state index in [4.69, 9.17) is 0 Å². The van der Waals surface area contributed by atoms with Crippen molar-refractivity contribution in [2.75, 3.05) is 0 Å². The fourth-order valence-corrected chi connectivity index (χ4v) is 0. The minimum absolute atomic E-state index is 0.614. The maximum Gasteiger partial charge on any atom is -0.0396 e. The Bertz CT molecular complexity index is 67.0. The first-order valence-corrected chi connectivity index (χ1v) is 3.59. The van der Waals surface area contributed by atoms with Crippen LogP contribution in [0, 0.1) is 0 Å². The zero-order chi connectivity index (χ0) is 4.28. The highest BCUT2D eigenvalue weighted by Gasteiger charge is 1.57. The molecule has 5 heavy (non-hydrogen) atoms. The van der Waals surface area contributed by atoms with Crippen LogP contribution < -0.4 is 0 Å². The highest BCUT2D eigenvalue weighted by Crippen LogP contribution is 1.77. The van der Waals surface area contributed by atoms with Crippen LogP contribution in [0.1, 0.15) is 13.8 Å².